The predicted octanol–water partition coefficient (Wildman–Crippen LogP) is 3.00. The first kappa shape index (κ1) is 19.2. The molecule has 7 nitrogen and oxygen atoms in total. The molecule has 29 heavy (non-hydrogen) atoms. The van der Waals surface area contributed by atoms with Gasteiger partial charge < -0.3 is 15.0 Å². The van der Waals surface area contributed by atoms with Crippen LogP contribution >= 0.6 is 0 Å². The van der Waals surface area contributed by atoms with Gasteiger partial charge in [0, 0.05) is 31.1 Å². The lowest BCUT2D eigenvalue weighted by Crippen LogP contribution is -2.48. The minimum Gasteiger partial charge on any atom is -0.445 e. The average molecular weight is 391 g/mol. The number of nitrogens with zero attached hydrogens (tertiary/aromatic N) is 4. The fourth-order valence-corrected chi connectivity index (χ4v) is 4.13. The number of benzene rings is 1. The number of hydrogen-bond donors (Lipinski definition) is 1. The quantitative estimate of drug-likeness (QED) is 0.862. The Hall–Kier alpha value is -3.14. The number of fused-ring (bicyclic) bond motifs is 1. The van der Waals surface area contributed by atoms with Crippen molar-refractivity contribution < 1.29 is 9.53 Å². The number of amides is 1. The van der Waals surface area contributed by atoms with Crippen LogP contribution in [0.5, 0.6) is 0 Å². The largest absolute Gasteiger partial charge is 0.445 e. The highest BCUT2D eigenvalue weighted by Gasteiger charge is 2.28. The fourth-order valence-electron chi connectivity index (χ4n) is 4.13. The molecule has 2 atom stereocenters. The maximum Gasteiger partial charge on any atom is 0.407 e. The zero-order valence-electron chi connectivity index (χ0n) is 16.4. The van der Waals surface area contributed by atoms with Gasteiger partial charge in [-0.15, -0.1) is 0 Å². The summed E-state index contributed by atoms with van der Waals surface area (Å²) in [6.07, 6.45) is 5.48. The van der Waals surface area contributed by atoms with Crippen molar-refractivity contribution in [2.24, 2.45) is 5.92 Å². The van der Waals surface area contributed by atoms with E-state index in [2.05, 4.69) is 26.3 Å². The van der Waals surface area contributed by atoms with E-state index in [1.165, 1.54) is 0 Å². The number of carbonyl (C=O) groups is 1. The Morgan fingerprint density at radius 3 is 2.97 bits per heavy atom. The van der Waals surface area contributed by atoms with Crippen molar-refractivity contribution in [2.45, 2.75) is 44.8 Å². The molecule has 1 saturated heterocycles. The summed E-state index contributed by atoms with van der Waals surface area (Å²) in [4.78, 5) is 23.4. The third-order valence-corrected chi connectivity index (χ3v) is 5.63. The number of carbonyl (C=O) groups excluding carboxylic acids is 1. The zero-order chi connectivity index (χ0) is 20.1. The number of alkyl carbamates (subject to hydrolysis) is 1. The highest BCUT2D eigenvalue weighted by atomic mass is 16.5. The van der Waals surface area contributed by atoms with Gasteiger partial charge in [-0.25, -0.2) is 14.8 Å². The number of ether oxygens (including phenoxy) is 1. The molecule has 1 aromatic carbocycles. The van der Waals surface area contributed by atoms with Crippen molar-refractivity contribution in [2.75, 3.05) is 18.0 Å². The van der Waals surface area contributed by atoms with Crippen LogP contribution in [0.15, 0.2) is 36.7 Å². The maximum atomic E-state index is 12.2. The van der Waals surface area contributed by atoms with Crippen LogP contribution in [-0.2, 0) is 24.2 Å². The maximum absolute atomic E-state index is 12.2. The first-order chi connectivity index (χ1) is 14.2. The third kappa shape index (κ3) is 4.65. The Morgan fingerprint density at radius 2 is 2.14 bits per heavy atom. The molecule has 2 aliphatic rings. The molecule has 2 aromatic rings. The van der Waals surface area contributed by atoms with Crippen LogP contribution in [-0.4, -0.2) is 35.2 Å². The van der Waals surface area contributed by atoms with Gasteiger partial charge in [0.1, 0.15) is 18.8 Å². The lowest BCUT2D eigenvalue weighted by atomic mass is 9.87. The molecule has 4 rings (SSSR count). The molecule has 1 aliphatic carbocycles. The average Bonchev–Trinajstić information content (AvgIpc) is 2.77. The Bertz CT molecular complexity index is 896. The van der Waals surface area contributed by atoms with Crippen LogP contribution < -0.4 is 10.2 Å². The second-order valence-corrected chi connectivity index (χ2v) is 7.68. The lowest BCUT2D eigenvalue weighted by molar-refractivity contribution is 0.134. The molecule has 1 unspecified atom stereocenters. The van der Waals surface area contributed by atoms with Gasteiger partial charge >= 0.3 is 6.09 Å². The fraction of sp³-hybridized carbons (Fsp3) is 0.455. The zero-order valence-corrected chi connectivity index (χ0v) is 16.4. The number of piperidine rings is 1. The van der Waals surface area contributed by atoms with Gasteiger partial charge in [0.25, 0.3) is 0 Å². The molecule has 1 aromatic heterocycles. The molecule has 1 fully saturated rings. The van der Waals surface area contributed by atoms with E-state index in [0.29, 0.717) is 13.0 Å². The lowest BCUT2D eigenvalue weighted by Gasteiger charge is -2.35. The minimum atomic E-state index is -0.387. The van der Waals surface area contributed by atoms with Crippen molar-refractivity contribution in [1.82, 2.24) is 15.3 Å². The first-order valence-corrected chi connectivity index (χ1v) is 10.2. The minimum absolute atomic E-state index is 0.0214. The van der Waals surface area contributed by atoms with Gasteiger partial charge in [0.2, 0.25) is 0 Å². The molecule has 150 valence electrons. The van der Waals surface area contributed by atoms with Crippen LogP contribution in [0.1, 0.15) is 36.1 Å². The molecule has 7 heteroatoms. The predicted molar refractivity (Wildman–Crippen MR) is 108 cm³/mol. The molecular weight excluding hydrogens is 366 g/mol. The molecule has 0 bridgehead atoms. The molecule has 0 saturated carbocycles. The molecule has 1 amide bonds. The molecule has 0 spiro atoms. The SMILES string of the molecule is N#CC1CCc2c(ncnc2N2CCC[C@@H](NC(=O)OCc3ccccc3)C2)C1. The number of nitrogens with one attached hydrogen (secondary N) is 1. The van der Waals surface area contributed by atoms with E-state index in [-0.39, 0.29) is 24.7 Å². The van der Waals surface area contributed by atoms with Gasteiger partial charge in [-0.05, 0) is 31.2 Å². The van der Waals surface area contributed by atoms with Gasteiger partial charge in [-0.1, -0.05) is 30.3 Å². The van der Waals surface area contributed by atoms with Crippen molar-refractivity contribution in [1.29, 1.82) is 5.26 Å². The number of rotatable bonds is 4. The van der Waals surface area contributed by atoms with E-state index in [1.54, 1.807) is 6.33 Å². The van der Waals surface area contributed by atoms with Crippen molar-refractivity contribution >= 4 is 11.9 Å². The van der Waals surface area contributed by atoms with Gasteiger partial charge in [0.15, 0.2) is 0 Å². The van der Waals surface area contributed by atoms with E-state index < -0.39 is 0 Å². The smallest absolute Gasteiger partial charge is 0.407 e. The summed E-state index contributed by atoms with van der Waals surface area (Å²) in [5, 5.41) is 12.2. The number of aromatic nitrogens is 2. The van der Waals surface area contributed by atoms with E-state index in [9.17, 15) is 10.1 Å². The highest BCUT2D eigenvalue weighted by molar-refractivity contribution is 5.67. The Labute approximate surface area is 170 Å². The van der Waals surface area contributed by atoms with Crippen molar-refractivity contribution in [3.05, 3.63) is 53.5 Å². The monoisotopic (exact) mass is 391 g/mol. The molecule has 2 heterocycles. The summed E-state index contributed by atoms with van der Waals surface area (Å²) in [6, 6.07) is 12.0. The third-order valence-electron chi connectivity index (χ3n) is 5.63. The number of anilines is 1. The number of hydrogen-bond acceptors (Lipinski definition) is 6. The van der Waals surface area contributed by atoms with Crippen LogP contribution in [0.2, 0.25) is 0 Å². The van der Waals surface area contributed by atoms with Crippen molar-refractivity contribution in [3.63, 3.8) is 0 Å². The summed E-state index contributed by atoms with van der Waals surface area (Å²) in [5.74, 6) is 0.996. The molecule has 1 aliphatic heterocycles. The van der Waals surface area contributed by atoms with Gasteiger partial charge in [0.05, 0.1) is 17.7 Å². The van der Waals surface area contributed by atoms with Crippen LogP contribution in [0.4, 0.5) is 10.6 Å². The summed E-state index contributed by atoms with van der Waals surface area (Å²) in [5.41, 5.74) is 3.12. The Kier molecular flexibility index (Phi) is 5.89. The van der Waals surface area contributed by atoms with Crippen LogP contribution in [0, 0.1) is 17.2 Å². The standard InChI is InChI=1S/C22H25N5O2/c23-12-17-8-9-19-20(11-17)24-15-25-21(19)27-10-4-7-18(13-27)26-22(28)29-14-16-5-2-1-3-6-16/h1-3,5-6,15,17-18H,4,7-11,13-14H2,(H,26,28)/t17?,18-/m1/s1. The van der Waals surface area contributed by atoms with Crippen LogP contribution in [0.3, 0.4) is 0 Å². The topological polar surface area (TPSA) is 91.1 Å². The summed E-state index contributed by atoms with van der Waals surface area (Å²) in [6.45, 7) is 1.87. The second kappa shape index (κ2) is 8.91. The van der Waals surface area contributed by atoms with Crippen molar-refractivity contribution in [3.8, 4) is 6.07 Å². The Balaban J connectivity index is 1.37. The summed E-state index contributed by atoms with van der Waals surface area (Å²) in [7, 11) is 0. The second-order valence-electron chi connectivity index (χ2n) is 7.68. The molecular formula is C22H25N5O2. The van der Waals surface area contributed by atoms with E-state index >= 15 is 0 Å². The van der Waals surface area contributed by atoms with Gasteiger partial charge in [-0.3, -0.25) is 0 Å². The Morgan fingerprint density at radius 1 is 1.28 bits per heavy atom. The van der Waals surface area contributed by atoms with E-state index in [4.69, 9.17) is 4.74 Å². The number of nitriles is 1. The van der Waals surface area contributed by atoms with Crippen LogP contribution in [0.25, 0.3) is 0 Å². The molecule has 1 N–H and O–H groups in total. The highest BCUT2D eigenvalue weighted by Crippen LogP contribution is 2.31. The first-order valence-electron chi connectivity index (χ1n) is 10.2. The summed E-state index contributed by atoms with van der Waals surface area (Å²) >= 11 is 0. The van der Waals surface area contributed by atoms with E-state index in [0.717, 1.165) is 54.9 Å². The molecule has 0 radical (unpaired) electrons. The normalized spacial score (nSPS) is 21.0. The summed E-state index contributed by atoms with van der Waals surface area (Å²) < 4.78 is 5.36. The van der Waals surface area contributed by atoms with Gasteiger partial charge in [-0.2, -0.15) is 5.26 Å². The van der Waals surface area contributed by atoms with E-state index in [1.807, 2.05) is 30.3 Å².